The van der Waals surface area contributed by atoms with E-state index in [1.807, 2.05) is 37.3 Å². The fraction of sp³-hybridized carbons (Fsp3) is 0.657. The van der Waals surface area contributed by atoms with Crippen LogP contribution in [0.2, 0.25) is 0 Å². The van der Waals surface area contributed by atoms with Crippen LogP contribution in [0.25, 0.3) is 0 Å². The van der Waals surface area contributed by atoms with Crippen LogP contribution in [0, 0.1) is 23.2 Å². The Labute approximate surface area is 277 Å². The van der Waals surface area contributed by atoms with E-state index in [2.05, 4.69) is 35.1 Å². The quantitative estimate of drug-likeness (QED) is 0.238. The zero-order valence-corrected chi connectivity index (χ0v) is 28.5. The Kier molecular flexibility index (Phi) is 11.3. The van der Waals surface area contributed by atoms with E-state index in [9.17, 15) is 28.8 Å². The minimum absolute atomic E-state index is 0.0772. The highest BCUT2D eigenvalue weighted by Gasteiger charge is 2.69. The molecule has 2 saturated carbocycles. The summed E-state index contributed by atoms with van der Waals surface area (Å²) in [5.74, 6) is -3.22. The van der Waals surface area contributed by atoms with Gasteiger partial charge in [0.2, 0.25) is 23.5 Å². The van der Waals surface area contributed by atoms with Gasteiger partial charge in [-0.05, 0) is 68.8 Å². The fourth-order valence-electron chi connectivity index (χ4n) is 7.18. The molecule has 47 heavy (non-hydrogen) atoms. The predicted molar refractivity (Wildman–Crippen MR) is 175 cm³/mol. The number of fused-ring (bicyclic) bond motifs is 1. The molecule has 0 radical (unpaired) electrons. The largest absolute Gasteiger partial charge is 0.444 e. The molecule has 5 amide bonds. The van der Waals surface area contributed by atoms with Crippen molar-refractivity contribution in [1.82, 2.24) is 26.2 Å². The average molecular weight is 654 g/mol. The van der Waals surface area contributed by atoms with Gasteiger partial charge in [0.05, 0.1) is 12.6 Å². The number of hydrogen-bond acceptors (Lipinski definition) is 7. The number of carbonyl (C=O) groups is 6. The number of carbonyl (C=O) groups excluding carboxylic acids is 6. The SMILES string of the molecule is CCCC(NC(=O)[C@@H]1[C@@H]2C(CN1C(=O)[C@@H](NC(=O)OC(C)(C)C)C1CCCC1)C2(C)C)C(=O)C(=O)NCC(=O)NCc1ccccc1. The molecule has 1 heterocycles. The molecule has 12 nitrogen and oxygen atoms in total. The van der Waals surface area contributed by atoms with Crippen LogP contribution in [-0.2, 0) is 35.3 Å². The normalized spacial score (nSPS) is 22.8. The second-order valence-electron chi connectivity index (χ2n) is 14.7. The molecule has 2 aliphatic carbocycles. The number of piperidine rings is 1. The van der Waals surface area contributed by atoms with Crippen molar-refractivity contribution >= 4 is 35.5 Å². The monoisotopic (exact) mass is 653 g/mol. The number of Topliss-reactive ketones (excluding diaryl/α,β-unsaturated/α-hetero) is 1. The first-order valence-corrected chi connectivity index (χ1v) is 16.9. The average Bonchev–Trinajstić information content (AvgIpc) is 3.45. The maximum Gasteiger partial charge on any atom is 0.408 e. The zero-order chi connectivity index (χ0) is 34.5. The highest BCUT2D eigenvalue weighted by atomic mass is 16.6. The minimum Gasteiger partial charge on any atom is -0.444 e. The summed E-state index contributed by atoms with van der Waals surface area (Å²) in [6, 6.07) is 6.47. The summed E-state index contributed by atoms with van der Waals surface area (Å²) in [4.78, 5) is 80.9. The Balaban J connectivity index is 1.42. The third kappa shape index (κ3) is 8.90. The Morgan fingerprint density at radius 3 is 2.26 bits per heavy atom. The number of ether oxygens (including phenoxy) is 1. The number of alkyl carbamates (subject to hydrolysis) is 1. The van der Waals surface area contributed by atoms with Gasteiger partial charge in [-0.2, -0.15) is 0 Å². The van der Waals surface area contributed by atoms with Crippen molar-refractivity contribution in [1.29, 1.82) is 0 Å². The van der Waals surface area contributed by atoms with Gasteiger partial charge in [0.25, 0.3) is 5.91 Å². The second-order valence-corrected chi connectivity index (χ2v) is 14.7. The molecule has 0 aromatic heterocycles. The van der Waals surface area contributed by atoms with Gasteiger partial charge in [-0.25, -0.2) is 4.79 Å². The molecule has 1 aromatic carbocycles. The molecule has 2 unspecified atom stereocenters. The molecule has 0 bridgehead atoms. The highest BCUT2D eigenvalue weighted by Crippen LogP contribution is 2.65. The number of amides is 5. The Morgan fingerprint density at radius 1 is 0.979 bits per heavy atom. The van der Waals surface area contributed by atoms with Gasteiger partial charge >= 0.3 is 6.09 Å². The van der Waals surface area contributed by atoms with Gasteiger partial charge in [-0.1, -0.05) is 70.4 Å². The summed E-state index contributed by atoms with van der Waals surface area (Å²) in [6.07, 6.45) is 3.50. The standard InChI is InChI=1S/C35H51N5O7/c1-7-13-24(29(42)31(44)37-19-25(41)36-18-21-14-9-8-10-15-21)38-30(43)28-26-23(35(26,5)6)20-40(28)32(45)27(22-16-11-12-17-22)39-33(46)47-34(2,3)4/h8-10,14-15,22-24,26-28H,7,11-13,16-20H2,1-6H3,(H,36,41)(H,37,44)(H,38,43)(H,39,46)/t23?,24?,26-,27-,28-/m0/s1. The van der Waals surface area contributed by atoms with Crippen LogP contribution >= 0.6 is 0 Å². The molecule has 258 valence electrons. The first kappa shape index (κ1) is 35.9. The molecular weight excluding hydrogens is 602 g/mol. The maximum absolute atomic E-state index is 14.2. The fourth-order valence-corrected chi connectivity index (χ4v) is 7.18. The molecule has 1 saturated heterocycles. The van der Waals surface area contributed by atoms with Crippen LogP contribution < -0.4 is 21.3 Å². The van der Waals surface area contributed by atoms with Crippen LogP contribution in [0.3, 0.4) is 0 Å². The topological polar surface area (TPSA) is 163 Å². The summed E-state index contributed by atoms with van der Waals surface area (Å²) >= 11 is 0. The lowest BCUT2D eigenvalue weighted by Crippen LogP contribution is -2.59. The maximum atomic E-state index is 14.2. The van der Waals surface area contributed by atoms with Crippen molar-refractivity contribution in [2.24, 2.45) is 23.2 Å². The Morgan fingerprint density at radius 2 is 1.64 bits per heavy atom. The number of nitrogens with zero attached hydrogens (tertiary/aromatic N) is 1. The summed E-state index contributed by atoms with van der Waals surface area (Å²) in [5, 5.41) is 10.7. The van der Waals surface area contributed by atoms with Crippen molar-refractivity contribution in [2.45, 2.75) is 110 Å². The lowest BCUT2D eigenvalue weighted by atomic mass is 9.94. The molecule has 1 aliphatic heterocycles. The van der Waals surface area contributed by atoms with Crippen LogP contribution in [0.15, 0.2) is 30.3 Å². The molecule has 3 fully saturated rings. The predicted octanol–water partition coefficient (Wildman–Crippen LogP) is 2.84. The smallest absolute Gasteiger partial charge is 0.408 e. The van der Waals surface area contributed by atoms with Crippen LogP contribution in [-0.4, -0.2) is 77.2 Å². The first-order valence-electron chi connectivity index (χ1n) is 16.9. The molecule has 3 aliphatic rings. The molecule has 5 atom stereocenters. The van der Waals surface area contributed by atoms with E-state index >= 15 is 0 Å². The molecule has 12 heteroatoms. The van der Waals surface area contributed by atoms with E-state index in [-0.39, 0.29) is 48.6 Å². The van der Waals surface area contributed by atoms with Crippen molar-refractivity contribution in [2.75, 3.05) is 13.1 Å². The number of hydrogen-bond donors (Lipinski definition) is 4. The third-order valence-electron chi connectivity index (χ3n) is 9.75. The van der Waals surface area contributed by atoms with E-state index in [1.165, 1.54) is 0 Å². The van der Waals surface area contributed by atoms with Gasteiger partial charge in [-0.15, -0.1) is 0 Å². The first-order chi connectivity index (χ1) is 22.1. The number of benzene rings is 1. The van der Waals surface area contributed by atoms with Gasteiger partial charge in [0.15, 0.2) is 0 Å². The third-order valence-corrected chi connectivity index (χ3v) is 9.75. The van der Waals surface area contributed by atoms with E-state index in [0.29, 0.717) is 13.0 Å². The van der Waals surface area contributed by atoms with E-state index in [0.717, 1.165) is 31.2 Å². The number of likely N-dealkylation sites (tertiary alicyclic amines) is 1. The van der Waals surface area contributed by atoms with E-state index < -0.39 is 53.3 Å². The van der Waals surface area contributed by atoms with Gasteiger partial charge in [0.1, 0.15) is 17.7 Å². The molecule has 0 spiro atoms. The van der Waals surface area contributed by atoms with Crippen molar-refractivity contribution in [3.63, 3.8) is 0 Å². The second kappa shape index (κ2) is 14.9. The molecular formula is C35H51N5O7. The minimum atomic E-state index is -1.12. The van der Waals surface area contributed by atoms with Gasteiger partial charge < -0.3 is 30.9 Å². The van der Waals surface area contributed by atoms with Crippen molar-refractivity contribution in [3.05, 3.63) is 35.9 Å². The van der Waals surface area contributed by atoms with Gasteiger partial charge in [0, 0.05) is 13.1 Å². The Bertz CT molecular complexity index is 1340. The zero-order valence-electron chi connectivity index (χ0n) is 28.5. The molecule has 4 rings (SSSR count). The Hall–Kier alpha value is -3.96. The van der Waals surface area contributed by atoms with Crippen LogP contribution in [0.4, 0.5) is 4.79 Å². The summed E-state index contributed by atoms with van der Waals surface area (Å²) in [6.45, 7) is 11.5. The van der Waals surface area contributed by atoms with E-state index in [4.69, 9.17) is 4.74 Å². The van der Waals surface area contributed by atoms with Gasteiger partial charge in [-0.3, -0.25) is 24.0 Å². The van der Waals surface area contributed by atoms with Crippen LogP contribution in [0.1, 0.15) is 85.6 Å². The van der Waals surface area contributed by atoms with Crippen LogP contribution in [0.5, 0.6) is 0 Å². The summed E-state index contributed by atoms with van der Waals surface area (Å²) < 4.78 is 5.47. The number of rotatable bonds is 13. The lowest BCUT2D eigenvalue weighted by Gasteiger charge is -2.35. The number of nitrogens with one attached hydrogen (secondary N) is 4. The lowest BCUT2D eigenvalue weighted by molar-refractivity contribution is -0.145. The molecule has 1 aromatic rings. The highest BCUT2D eigenvalue weighted by molar-refractivity contribution is 6.38. The number of ketones is 1. The molecule has 4 N–H and O–H groups in total. The van der Waals surface area contributed by atoms with E-state index in [1.54, 1.807) is 25.7 Å². The summed E-state index contributed by atoms with van der Waals surface area (Å²) in [7, 11) is 0. The van der Waals surface area contributed by atoms with Crippen molar-refractivity contribution < 1.29 is 33.5 Å². The van der Waals surface area contributed by atoms with Crippen molar-refractivity contribution in [3.8, 4) is 0 Å². The summed E-state index contributed by atoms with van der Waals surface area (Å²) in [5.41, 5.74) is -0.0342.